The van der Waals surface area contributed by atoms with Crippen LogP contribution in [0.25, 0.3) is 10.7 Å². The predicted molar refractivity (Wildman–Crippen MR) is 83.1 cm³/mol. The molecule has 1 aliphatic rings. The number of piperidine rings is 1. The van der Waals surface area contributed by atoms with Crippen molar-refractivity contribution < 1.29 is 0 Å². The van der Waals surface area contributed by atoms with Crippen molar-refractivity contribution in [2.75, 3.05) is 18.0 Å². The Balaban J connectivity index is 1.80. The normalized spacial score (nSPS) is 23.3. The largest absolute Gasteiger partial charge is 0.338 e. The Labute approximate surface area is 123 Å². The number of nitrogens with two attached hydrogens (primary N) is 1. The van der Waals surface area contributed by atoms with Crippen molar-refractivity contribution >= 4 is 17.3 Å². The van der Waals surface area contributed by atoms with Crippen LogP contribution in [0, 0.1) is 19.8 Å². The van der Waals surface area contributed by atoms with E-state index in [-0.39, 0.29) is 6.04 Å². The topological polar surface area (TPSA) is 70.8 Å². The summed E-state index contributed by atoms with van der Waals surface area (Å²) in [5.41, 5.74) is 7.44. The maximum absolute atomic E-state index is 6.14. The fourth-order valence-corrected chi connectivity index (χ4v) is 3.45. The van der Waals surface area contributed by atoms with Gasteiger partial charge in [-0.05, 0) is 37.8 Å². The molecule has 1 fully saturated rings. The zero-order chi connectivity index (χ0) is 14.3. The average molecular weight is 291 g/mol. The van der Waals surface area contributed by atoms with Crippen molar-refractivity contribution in [2.24, 2.45) is 11.7 Å². The monoisotopic (exact) mass is 291 g/mol. The van der Waals surface area contributed by atoms with Gasteiger partial charge in [0.25, 0.3) is 0 Å². The van der Waals surface area contributed by atoms with Gasteiger partial charge >= 0.3 is 0 Å². The minimum absolute atomic E-state index is 0.205. The molecule has 3 rings (SSSR count). The summed E-state index contributed by atoms with van der Waals surface area (Å²) in [5.74, 6) is 2.20. The number of rotatable bonds is 2. The third-order valence-electron chi connectivity index (χ3n) is 4.17. The molecule has 0 radical (unpaired) electrons. The molecule has 3 heterocycles. The zero-order valence-corrected chi connectivity index (χ0v) is 13.0. The van der Waals surface area contributed by atoms with E-state index in [1.165, 1.54) is 10.4 Å². The second-order valence-electron chi connectivity index (χ2n) is 5.71. The molecule has 0 bridgehead atoms. The highest BCUT2D eigenvalue weighted by Gasteiger charge is 2.25. The number of aromatic amines is 1. The smallest absolute Gasteiger partial charge is 0.245 e. The minimum atomic E-state index is 0.205. The molecule has 2 aromatic heterocycles. The van der Waals surface area contributed by atoms with Gasteiger partial charge in [-0.1, -0.05) is 6.92 Å². The highest BCUT2D eigenvalue weighted by molar-refractivity contribution is 7.15. The number of hydrogen-bond acceptors (Lipinski definition) is 5. The first-order valence-corrected chi connectivity index (χ1v) is 7.86. The van der Waals surface area contributed by atoms with Gasteiger partial charge in [0.15, 0.2) is 5.82 Å². The van der Waals surface area contributed by atoms with E-state index < -0.39 is 0 Å². The Morgan fingerprint density at radius 3 is 2.90 bits per heavy atom. The lowest BCUT2D eigenvalue weighted by Gasteiger charge is -2.34. The third-order valence-corrected chi connectivity index (χ3v) is 5.33. The van der Waals surface area contributed by atoms with E-state index in [0.717, 1.165) is 36.2 Å². The number of anilines is 1. The van der Waals surface area contributed by atoms with Crippen molar-refractivity contribution in [3.8, 4) is 10.7 Å². The molecule has 1 saturated heterocycles. The summed E-state index contributed by atoms with van der Waals surface area (Å²) in [7, 11) is 0. The third kappa shape index (κ3) is 2.45. The molecular weight excluding hydrogens is 270 g/mol. The second kappa shape index (κ2) is 5.18. The molecule has 20 heavy (non-hydrogen) atoms. The molecule has 6 heteroatoms. The molecule has 3 N–H and O–H groups in total. The lowest BCUT2D eigenvalue weighted by atomic mass is 9.95. The van der Waals surface area contributed by atoms with E-state index in [0.29, 0.717) is 5.92 Å². The Hall–Kier alpha value is -1.40. The molecule has 1 aliphatic heterocycles. The van der Waals surface area contributed by atoms with Crippen LogP contribution in [0.5, 0.6) is 0 Å². The van der Waals surface area contributed by atoms with Gasteiger partial charge in [-0.25, -0.2) is 0 Å². The Bertz CT molecular complexity index is 583. The minimum Gasteiger partial charge on any atom is -0.338 e. The highest BCUT2D eigenvalue weighted by Crippen LogP contribution is 2.29. The fraction of sp³-hybridized carbons (Fsp3) is 0.571. The van der Waals surface area contributed by atoms with Crippen molar-refractivity contribution in [3.63, 3.8) is 0 Å². The molecule has 2 unspecified atom stereocenters. The number of aryl methyl sites for hydroxylation is 2. The van der Waals surface area contributed by atoms with Crippen LogP contribution in [0.4, 0.5) is 5.95 Å². The standard InChI is InChI=1S/C14H21N5S/c1-8-4-5-19(7-11(8)15)14-16-13(17-18-14)12-6-9(2)10(3)20-12/h6,8,11H,4-5,7,15H2,1-3H3,(H,16,17,18). The maximum atomic E-state index is 6.14. The lowest BCUT2D eigenvalue weighted by molar-refractivity contribution is 0.376. The Morgan fingerprint density at radius 1 is 1.45 bits per heavy atom. The molecule has 0 saturated carbocycles. The molecule has 0 amide bonds. The predicted octanol–water partition coefficient (Wildman–Crippen LogP) is 2.32. The molecule has 0 aliphatic carbocycles. The van der Waals surface area contributed by atoms with Crippen LogP contribution in [0.15, 0.2) is 6.07 Å². The van der Waals surface area contributed by atoms with Gasteiger partial charge in [-0.2, -0.15) is 4.98 Å². The van der Waals surface area contributed by atoms with E-state index in [9.17, 15) is 0 Å². The first-order chi connectivity index (χ1) is 9.54. The maximum Gasteiger partial charge on any atom is 0.245 e. The fourth-order valence-electron chi connectivity index (χ4n) is 2.48. The molecule has 2 aromatic rings. The van der Waals surface area contributed by atoms with Crippen molar-refractivity contribution in [3.05, 3.63) is 16.5 Å². The van der Waals surface area contributed by atoms with E-state index in [1.807, 2.05) is 0 Å². The summed E-state index contributed by atoms with van der Waals surface area (Å²) in [6, 6.07) is 2.37. The molecule has 0 spiro atoms. The van der Waals surface area contributed by atoms with Gasteiger partial charge < -0.3 is 10.6 Å². The summed E-state index contributed by atoms with van der Waals surface area (Å²) >= 11 is 1.75. The summed E-state index contributed by atoms with van der Waals surface area (Å²) in [4.78, 5) is 9.28. The number of nitrogens with one attached hydrogen (secondary N) is 1. The summed E-state index contributed by atoms with van der Waals surface area (Å²) in [6.45, 7) is 8.28. The van der Waals surface area contributed by atoms with Gasteiger partial charge in [-0.15, -0.1) is 16.4 Å². The van der Waals surface area contributed by atoms with Gasteiger partial charge in [-0.3, -0.25) is 5.10 Å². The summed E-state index contributed by atoms with van der Waals surface area (Å²) in [5, 5.41) is 7.41. The van der Waals surface area contributed by atoms with E-state index >= 15 is 0 Å². The van der Waals surface area contributed by atoms with Crippen LogP contribution in [-0.4, -0.2) is 34.3 Å². The summed E-state index contributed by atoms with van der Waals surface area (Å²) in [6.07, 6.45) is 1.10. The van der Waals surface area contributed by atoms with Crippen LogP contribution in [0.3, 0.4) is 0 Å². The van der Waals surface area contributed by atoms with Gasteiger partial charge in [0.05, 0.1) is 4.88 Å². The van der Waals surface area contributed by atoms with Crippen molar-refractivity contribution in [1.29, 1.82) is 0 Å². The van der Waals surface area contributed by atoms with Crippen LogP contribution in [-0.2, 0) is 0 Å². The first kappa shape index (κ1) is 13.6. The van der Waals surface area contributed by atoms with Crippen LogP contribution < -0.4 is 10.6 Å². The first-order valence-electron chi connectivity index (χ1n) is 7.05. The second-order valence-corrected chi connectivity index (χ2v) is 6.97. The van der Waals surface area contributed by atoms with Crippen LogP contribution in [0.1, 0.15) is 23.8 Å². The number of aromatic nitrogens is 3. The average Bonchev–Trinajstić information content (AvgIpc) is 3.01. The Kier molecular flexibility index (Phi) is 3.52. The van der Waals surface area contributed by atoms with E-state index in [1.54, 1.807) is 11.3 Å². The molecule has 108 valence electrons. The van der Waals surface area contributed by atoms with Crippen LogP contribution >= 0.6 is 11.3 Å². The van der Waals surface area contributed by atoms with Gasteiger partial charge in [0.2, 0.25) is 5.95 Å². The highest BCUT2D eigenvalue weighted by atomic mass is 32.1. The van der Waals surface area contributed by atoms with Crippen molar-refractivity contribution in [1.82, 2.24) is 15.2 Å². The molecule has 2 atom stereocenters. The van der Waals surface area contributed by atoms with Gasteiger partial charge in [0, 0.05) is 24.0 Å². The quantitative estimate of drug-likeness (QED) is 0.891. The summed E-state index contributed by atoms with van der Waals surface area (Å²) < 4.78 is 0. The zero-order valence-electron chi connectivity index (χ0n) is 12.2. The molecule has 5 nitrogen and oxygen atoms in total. The SMILES string of the molecule is Cc1cc(-c2nc(N3CCC(C)C(N)C3)n[nH]2)sc1C. The number of hydrogen-bond donors (Lipinski definition) is 2. The van der Waals surface area contributed by atoms with E-state index in [4.69, 9.17) is 5.73 Å². The lowest BCUT2D eigenvalue weighted by Crippen LogP contribution is -2.48. The van der Waals surface area contributed by atoms with Gasteiger partial charge in [0.1, 0.15) is 0 Å². The number of H-pyrrole nitrogens is 1. The number of nitrogens with zero attached hydrogens (tertiary/aromatic N) is 3. The number of thiophene rings is 1. The molecule has 0 aromatic carbocycles. The molecular formula is C14H21N5S. The van der Waals surface area contributed by atoms with Crippen LogP contribution in [0.2, 0.25) is 0 Å². The van der Waals surface area contributed by atoms with E-state index in [2.05, 4.69) is 46.9 Å². The Morgan fingerprint density at radius 2 is 2.25 bits per heavy atom. The van der Waals surface area contributed by atoms with Crippen molar-refractivity contribution in [2.45, 2.75) is 33.2 Å².